The van der Waals surface area contributed by atoms with Crippen molar-refractivity contribution in [2.75, 3.05) is 49.1 Å². The third-order valence-corrected chi connectivity index (χ3v) is 10.2. The molecule has 0 radical (unpaired) electrons. The number of nitrogens with zero attached hydrogens (tertiary/aromatic N) is 5. The number of anilines is 3. The molecule has 0 saturated carbocycles. The number of carbonyl (C=O) groups is 6. The van der Waals surface area contributed by atoms with Gasteiger partial charge in [-0.15, -0.1) is 0 Å². The number of amides is 5. The van der Waals surface area contributed by atoms with Gasteiger partial charge in [0.2, 0.25) is 11.8 Å². The average molecular weight is 744 g/mol. The van der Waals surface area contributed by atoms with Crippen LogP contribution in [0.2, 0.25) is 0 Å². The standard InChI is InChI=1S/C40H41N9O6/c41-36-35(38(53)44-27-6-2-1-3-7-27)45-32(22-42-36)25-11-13-26(14-12-25)39(54)48-20-18-47(19-21-48)17-5-8-28(24-50)43-31-10-4-9-29-30(31)23-49(40(29)55)33-15-16-34(51)46-37(33)52/h1-4,6-7,9-14,22,24,28,33,43H,5,8,15-21,23H2,(H2,41,42)(H,44,53)(H,46,51,52). The van der Waals surface area contributed by atoms with Gasteiger partial charge in [0.05, 0.1) is 17.9 Å². The molecule has 3 aliphatic rings. The maximum Gasteiger partial charge on any atom is 0.278 e. The molecule has 2 saturated heterocycles. The van der Waals surface area contributed by atoms with Crippen molar-refractivity contribution < 1.29 is 28.8 Å². The second kappa shape index (κ2) is 16.3. The lowest BCUT2D eigenvalue weighted by molar-refractivity contribution is -0.136. The van der Waals surface area contributed by atoms with Crippen LogP contribution in [-0.4, -0.2) is 105 Å². The lowest BCUT2D eigenvalue weighted by Crippen LogP contribution is -2.52. The van der Waals surface area contributed by atoms with Gasteiger partial charge in [-0.05, 0) is 62.2 Å². The van der Waals surface area contributed by atoms with Crippen LogP contribution < -0.4 is 21.7 Å². The Labute approximate surface area is 317 Å². The number of nitrogens with one attached hydrogen (secondary N) is 3. The zero-order valence-corrected chi connectivity index (χ0v) is 30.1. The number of piperazine rings is 1. The van der Waals surface area contributed by atoms with E-state index in [-0.39, 0.29) is 48.6 Å². The first-order valence-electron chi connectivity index (χ1n) is 18.3. The van der Waals surface area contributed by atoms with Gasteiger partial charge >= 0.3 is 0 Å². The van der Waals surface area contributed by atoms with Crippen LogP contribution >= 0.6 is 0 Å². The fourth-order valence-electron chi connectivity index (χ4n) is 7.19. The van der Waals surface area contributed by atoms with Crippen molar-refractivity contribution >= 4 is 53.0 Å². The first kappa shape index (κ1) is 36.9. The molecule has 15 heteroatoms. The first-order valence-corrected chi connectivity index (χ1v) is 18.3. The Bertz CT molecular complexity index is 2120. The van der Waals surface area contributed by atoms with Crippen molar-refractivity contribution in [2.45, 2.75) is 44.3 Å². The number of imide groups is 1. The fourth-order valence-corrected chi connectivity index (χ4v) is 7.19. The van der Waals surface area contributed by atoms with E-state index in [0.717, 1.165) is 24.8 Å². The molecule has 4 aromatic rings. The minimum atomic E-state index is -0.712. The van der Waals surface area contributed by atoms with Crippen molar-refractivity contribution in [3.8, 4) is 11.3 Å². The molecule has 2 atom stereocenters. The normalized spacial score (nSPS) is 17.7. The highest BCUT2D eigenvalue weighted by Gasteiger charge is 2.40. The third-order valence-electron chi connectivity index (χ3n) is 10.2. The van der Waals surface area contributed by atoms with Crippen molar-refractivity contribution in [1.82, 2.24) is 30.0 Å². The molecule has 5 amide bonds. The lowest BCUT2D eigenvalue weighted by Gasteiger charge is -2.35. The number of rotatable bonds is 12. The Kier molecular flexibility index (Phi) is 10.9. The number of fused-ring (bicyclic) bond motifs is 1. The number of hydrogen-bond donors (Lipinski definition) is 4. The van der Waals surface area contributed by atoms with Gasteiger partial charge in [0.15, 0.2) is 11.5 Å². The number of carbonyl (C=O) groups excluding carboxylic acids is 6. The Morgan fingerprint density at radius 2 is 1.73 bits per heavy atom. The number of piperidine rings is 1. The predicted octanol–water partition coefficient (Wildman–Crippen LogP) is 2.96. The van der Waals surface area contributed by atoms with Gasteiger partial charge < -0.3 is 31.0 Å². The van der Waals surface area contributed by atoms with Crippen molar-refractivity contribution in [3.63, 3.8) is 0 Å². The summed E-state index contributed by atoms with van der Waals surface area (Å²) in [4.78, 5) is 89.8. The summed E-state index contributed by atoms with van der Waals surface area (Å²) in [6.07, 6.45) is 4.14. The summed E-state index contributed by atoms with van der Waals surface area (Å²) in [5.74, 6) is -1.61. The van der Waals surface area contributed by atoms with Crippen LogP contribution in [0.3, 0.4) is 0 Å². The van der Waals surface area contributed by atoms with Gasteiger partial charge in [-0.3, -0.25) is 34.2 Å². The molecular weight excluding hydrogens is 702 g/mol. The van der Waals surface area contributed by atoms with Crippen LogP contribution in [0.25, 0.3) is 11.3 Å². The fraction of sp³-hybridized carbons (Fsp3) is 0.300. The number of para-hydroxylation sites is 1. The molecule has 7 rings (SSSR count). The number of nitrogen functional groups attached to an aromatic ring is 1. The number of aldehydes is 1. The zero-order chi connectivity index (χ0) is 38.5. The van der Waals surface area contributed by atoms with E-state index in [4.69, 9.17) is 5.73 Å². The van der Waals surface area contributed by atoms with Gasteiger partial charge in [0.1, 0.15) is 12.3 Å². The van der Waals surface area contributed by atoms with E-state index in [1.54, 1.807) is 48.5 Å². The summed E-state index contributed by atoms with van der Waals surface area (Å²) in [5, 5.41) is 8.39. The van der Waals surface area contributed by atoms with Crippen molar-refractivity contribution in [1.29, 1.82) is 0 Å². The van der Waals surface area contributed by atoms with Crippen molar-refractivity contribution in [2.24, 2.45) is 0 Å². The number of nitrogens with two attached hydrogens (primary N) is 1. The maximum absolute atomic E-state index is 13.4. The van der Waals surface area contributed by atoms with E-state index in [1.165, 1.54) is 11.1 Å². The van der Waals surface area contributed by atoms with Crippen molar-refractivity contribution in [3.05, 3.63) is 101 Å². The summed E-state index contributed by atoms with van der Waals surface area (Å²) in [5.41, 5.74) is 10.2. The van der Waals surface area contributed by atoms with E-state index < -0.39 is 23.9 Å². The van der Waals surface area contributed by atoms with E-state index >= 15 is 0 Å². The smallest absolute Gasteiger partial charge is 0.278 e. The van der Waals surface area contributed by atoms with Crippen LogP contribution in [0, 0.1) is 0 Å². The molecule has 2 fully saturated rings. The number of benzene rings is 3. The number of aromatic nitrogens is 2. The topological polar surface area (TPSA) is 200 Å². The molecule has 5 N–H and O–H groups in total. The van der Waals surface area contributed by atoms with E-state index in [9.17, 15) is 28.8 Å². The first-order chi connectivity index (χ1) is 26.7. The molecule has 3 aromatic carbocycles. The van der Waals surface area contributed by atoms with Crippen LogP contribution in [-0.2, 0) is 20.9 Å². The molecule has 2 unspecified atom stereocenters. The Balaban J connectivity index is 0.879. The second-order valence-electron chi connectivity index (χ2n) is 13.8. The van der Waals surface area contributed by atoms with E-state index in [2.05, 4.69) is 30.8 Å². The molecule has 0 bridgehead atoms. The van der Waals surface area contributed by atoms with E-state index in [0.29, 0.717) is 66.4 Å². The third kappa shape index (κ3) is 8.21. The minimum Gasteiger partial charge on any atom is -0.382 e. The van der Waals surface area contributed by atoms with Gasteiger partial charge in [-0.25, -0.2) is 9.97 Å². The molecule has 3 aliphatic heterocycles. The van der Waals surface area contributed by atoms with Crippen LogP contribution in [0.15, 0.2) is 79.0 Å². The predicted molar refractivity (Wildman–Crippen MR) is 204 cm³/mol. The highest BCUT2D eigenvalue weighted by Crippen LogP contribution is 2.33. The van der Waals surface area contributed by atoms with Gasteiger partial charge in [0.25, 0.3) is 17.7 Å². The van der Waals surface area contributed by atoms with Crippen LogP contribution in [0.4, 0.5) is 17.2 Å². The summed E-state index contributed by atoms with van der Waals surface area (Å²) in [6, 6.07) is 20.1. The monoisotopic (exact) mass is 743 g/mol. The van der Waals surface area contributed by atoms with Gasteiger partial charge in [-0.2, -0.15) is 0 Å². The minimum absolute atomic E-state index is 0.00876. The lowest BCUT2D eigenvalue weighted by atomic mass is 10.0. The number of hydrogen-bond acceptors (Lipinski definition) is 11. The molecule has 1 aromatic heterocycles. The summed E-state index contributed by atoms with van der Waals surface area (Å²) < 4.78 is 0. The average Bonchev–Trinajstić information content (AvgIpc) is 3.54. The summed E-state index contributed by atoms with van der Waals surface area (Å²) in [6.45, 7) is 3.49. The summed E-state index contributed by atoms with van der Waals surface area (Å²) in [7, 11) is 0. The SMILES string of the molecule is Nc1ncc(-c2ccc(C(=O)N3CCN(CCCC(C=O)Nc4cccc5c4CN(C4CCC(=O)NC4=O)C5=O)CC3)cc2)nc1C(=O)Nc1ccccc1. The highest BCUT2D eigenvalue weighted by atomic mass is 16.2. The molecule has 282 valence electrons. The maximum atomic E-state index is 13.4. The highest BCUT2D eigenvalue weighted by molar-refractivity contribution is 6.07. The molecule has 15 nitrogen and oxygen atoms in total. The quantitative estimate of drug-likeness (QED) is 0.123. The molecule has 4 heterocycles. The van der Waals surface area contributed by atoms with Crippen LogP contribution in [0.1, 0.15) is 62.5 Å². The Morgan fingerprint density at radius 3 is 2.45 bits per heavy atom. The van der Waals surface area contributed by atoms with E-state index in [1.807, 2.05) is 29.2 Å². The second-order valence-corrected chi connectivity index (χ2v) is 13.8. The Morgan fingerprint density at radius 1 is 0.964 bits per heavy atom. The molecular formula is C40H41N9O6. The summed E-state index contributed by atoms with van der Waals surface area (Å²) >= 11 is 0. The van der Waals surface area contributed by atoms with Gasteiger partial charge in [0, 0.05) is 72.8 Å². The molecule has 0 aliphatic carbocycles. The Hall–Kier alpha value is -6.48. The van der Waals surface area contributed by atoms with Gasteiger partial charge in [-0.1, -0.05) is 36.4 Å². The largest absolute Gasteiger partial charge is 0.382 e. The molecule has 55 heavy (non-hydrogen) atoms. The zero-order valence-electron chi connectivity index (χ0n) is 30.1. The van der Waals surface area contributed by atoms with Crippen LogP contribution in [0.5, 0.6) is 0 Å². The molecule has 0 spiro atoms.